The Bertz CT molecular complexity index is 291. The van der Waals surface area contributed by atoms with Gasteiger partial charge in [-0.05, 0) is 50.4 Å². The number of azo groups is 1. The van der Waals surface area contributed by atoms with Crippen LogP contribution in [0.5, 0.6) is 0 Å². The van der Waals surface area contributed by atoms with Gasteiger partial charge >= 0.3 is 0 Å². The standard InChI is InChI=1S/C14H24Cl2N2/c1-11-7-3-5-9-13(11,15)17-18-14(16)10-6-4-8-12(14)2/h11-12H,3-10H2,1-2H3. The van der Waals surface area contributed by atoms with E-state index in [1.54, 1.807) is 0 Å². The van der Waals surface area contributed by atoms with Crippen molar-refractivity contribution in [3.63, 3.8) is 0 Å². The lowest BCUT2D eigenvalue weighted by molar-refractivity contribution is 0.248. The molecule has 0 aromatic rings. The minimum Gasteiger partial charge on any atom is -0.169 e. The predicted octanol–water partition coefficient (Wildman–Crippen LogP) is 5.73. The summed E-state index contributed by atoms with van der Waals surface area (Å²) in [6.07, 6.45) is 8.97. The Morgan fingerprint density at radius 3 is 1.50 bits per heavy atom. The number of hydrogen-bond acceptors (Lipinski definition) is 2. The van der Waals surface area contributed by atoms with E-state index in [1.165, 1.54) is 12.8 Å². The van der Waals surface area contributed by atoms with Crippen LogP contribution in [-0.4, -0.2) is 10.00 Å². The summed E-state index contributed by atoms with van der Waals surface area (Å²) in [6, 6.07) is 0. The molecule has 4 atom stereocenters. The van der Waals surface area contributed by atoms with Crippen molar-refractivity contribution in [1.82, 2.24) is 0 Å². The average Bonchev–Trinajstić information content (AvgIpc) is 2.35. The number of halogens is 2. The summed E-state index contributed by atoms with van der Waals surface area (Å²) in [5.41, 5.74) is 0. The quantitative estimate of drug-likeness (QED) is 0.352. The van der Waals surface area contributed by atoms with Gasteiger partial charge in [-0.1, -0.05) is 49.9 Å². The highest BCUT2D eigenvalue weighted by molar-refractivity contribution is 6.24. The minimum atomic E-state index is -0.503. The number of hydrogen-bond donors (Lipinski definition) is 0. The molecule has 0 aliphatic heterocycles. The van der Waals surface area contributed by atoms with Crippen LogP contribution in [0.1, 0.15) is 65.2 Å². The van der Waals surface area contributed by atoms with E-state index in [0.717, 1.165) is 38.5 Å². The summed E-state index contributed by atoms with van der Waals surface area (Å²) in [6.45, 7) is 4.35. The van der Waals surface area contributed by atoms with Gasteiger partial charge in [0.15, 0.2) is 10.00 Å². The van der Waals surface area contributed by atoms with Crippen molar-refractivity contribution in [3.05, 3.63) is 0 Å². The zero-order valence-corrected chi connectivity index (χ0v) is 13.0. The lowest BCUT2D eigenvalue weighted by Crippen LogP contribution is -2.34. The molecule has 0 spiro atoms. The average molecular weight is 291 g/mol. The van der Waals surface area contributed by atoms with Gasteiger partial charge in [-0.15, -0.1) is 0 Å². The molecule has 0 N–H and O–H groups in total. The third-order valence-electron chi connectivity index (χ3n) is 4.72. The highest BCUT2D eigenvalue weighted by Crippen LogP contribution is 2.44. The molecule has 0 radical (unpaired) electrons. The molecule has 2 aliphatic rings. The van der Waals surface area contributed by atoms with Crippen LogP contribution in [-0.2, 0) is 0 Å². The molecule has 2 aliphatic carbocycles. The number of rotatable bonds is 2. The monoisotopic (exact) mass is 290 g/mol. The van der Waals surface area contributed by atoms with E-state index < -0.39 is 10.00 Å². The Hall–Kier alpha value is 0.180. The lowest BCUT2D eigenvalue weighted by atomic mass is 9.85. The molecule has 4 unspecified atom stereocenters. The highest BCUT2D eigenvalue weighted by atomic mass is 35.5. The van der Waals surface area contributed by atoms with E-state index >= 15 is 0 Å². The zero-order chi connectivity index (χ0) is 13.2. The molecule has 0 bridgehead atoms. The summed E-state index contributed by atoms with van der Waals surface area (Å²) in [7, 11) is 0. The molecule has 18 heavy (non-hydrogen) atoms. The highest BCUT2D eigenvalue weighted by Gasteiger charge is 2.40. The van der Waals surface area contributed by atoms with Crippen molar-refractivity contribution in [3.8, 4) is 0 Å². The van der Waals surface area contributed by atoms with Crippen LogP contribution >= 0.6 is 23.2 Å². The molecular formula is C14H24Cl2N2. The summed E-state index contributed by atoms with van der Waals surface area (Å²) in [5.74, 6) is 0.798. The fraction of sp³-hybridized carbons (Fsp3) is 1.00. The van der Waals surface area contributed by atoms with Crippen molar-refractivity contribution in [2.24, 2.45) is 22.1 Å². The largest absolute Gasteiger partial charge is 0.169 e. The van der Waals surface area contributed by atoms with Crippen LogP contribution in [0.2, 0.25) is 0 Å². The first-order valence-corrected chi connectivity index (χ1v) is 8.04. The Labute approximate surface area is 121 Å². The van der Waals surface area contributed by atoms with Gasteiger partial charge in [-0.2, -0.15) is 10.2 Å². The summed E-state index contributed by atoms with van der Waals surface area (Å²) < 4.78 is 0. The van der Waals surface area contributed by atoms with Gasteiger partial charge in [-0.25, -0.2) is 0 Å². The van der Waals surface area contributed by atoms with Crippen molar-refractivity contribution >= 4 is 23.2 Å². The Morgan fingerprint density at radius 2 is 1.17 bits per heavy atom. The molecule has 0 amide bonds. The van der Waals surface area contributed by atoms with E-state index in [9.17, 15) is 0 Å². The molecule has 4 heteroatoms. The van der Waals surface area contributed by atoms with Crippen LogP contribution in [0, 0.1) is 11.8 Å². The fourth-order valence-corrected chi connectivity index (χ4v) is 3.61. The Balaban J connectivity index is 2.08. The molecule has 2 fully saturated rings. The maximum absolute atomic E-state index is 6.64. The van der Waals surface area contributed by atoms with Crippen molar-refractivity contribution in [2.45, 2.75) is 75.2 Å². The fourth-order valence-electron chi connectivity index (χ4n) is 3.05. The first-order chi connectivity index (χ1) is 8.46. The van der Waals surface area contributed by atoms with Crippen LogP contribution in [0.4, 0.5) is 0 Å². The maximum Gasteiger partial charge on any atom is 0.157 e. The SMILES string of the molecule is CC1CCCCC1(Cl)N=NC1(Cl)CCCCC1C. The van der Waals surface area contributed by atoms with Gasteiger partial charge in [-0.3, -0.25) is 0 Å². The second kappa shape index (κ2) is 5.66. The second-order valence-corrected chi connectivity index (χ2v) is 7.44. The van der Waals surface area contributed by atoms with Gasteiger partial charge in [0.2, 0.25) is 0 Å². The molecule has 0 saturated heterocycles. The van der Waals surface area contributed by atoms with Gasteiger partial charge in [0.1, 0.15) is 0 Å². The molecule has 2 saturated carbocycles. The summed E-state index contributed by atoms with van der Waals surface area (Å²) >= 11 is 13.3. The van der Waals surface area contributed by atoms with E-state index in [1.807, 2.05) is 0 Å². The second-order valence-electron chi connectivity index (χ2n) is 6.13. The van der Waals surface area contributed by atoms with E-state index in [2.05, 4.69) is 24.1 Å². The van der Waals surface area contributed by atoms with Gasteiger partial charge in [0, 0.05) is 0 Å². The van der Waals surface area contributed by atoms with Crippen LogP contribution in [0.3, 0.4) is 0 Å². The van der Waals surface area contributed by atoms with Crippen LogP contribution < -0.4 is 0 Å². The molecular weight excluding hydrogens is 267 g/mol. The topological polar surface area (TPSA) is 24.7 Å². The molecule has 0 aromatic carbocycles. The summed E-state index contributed by atoms with van der Waals surface area (Å²) in [4.78, 5) is -1.01. The maximum atomic E-state index is 6.64. The number of alkyl halides is 2. The number of nitrogens with zero attached hydrogens (tertiary/aromatic N) is 2. The molecule has 2 rings (SSSR count). The third-order valence-corrected chi connectivity index (χ3v) is 6.00. The summed E-state index contributed by atoms with van der Waals surface area (Å²) in [5, 5.41) is 9.00. The Morgan fingerprint density at radius 1 is 0.778 bits per heavy atom. The van der Waals surface area contributed by atoms with Gasteiger partial charge in [0.25, 0.3) is 0 Å². The van der Waals surface area contributed by atoms with E-state index in [4.69, 9.17) is 23.2 Å². The normalized spacial score (nSPS) is 46.4. The lowest BCUT2D eigenvalue weighted by Gasteiger charge is -2.36. The van der Waals surface area contributed by atoms with E-state index in [-0.39, 0.29) is 0 Å². The van der Waals surface area contributed by atoms with Crippen LogP contribution in [0.25, 0.3) is 0 Å². The van der Waals surface area contributed by atoms with Crippen LogP contribution in [0.15, 0.2) is 10.2 Å². The third kappa shape index (κ3) is 3.01. The predicted molar refractivity (Wildman–Crippen MR) is 77.3 cm³/mol. The molecule has 0 aromatic heterocycles. The first kappa shape index (κ1) is 14.6. The smallest absolute Gasteiger partial charge is 0.157 e. The van der Waals surface area contributed by atoms with Crippen molar-refractivity contribution < 1.29 is 0 Å². The molecule has 2 nitrogen and oxygen atoms in total. The minimum absolute atomic E-state index is 0.399. The van der Waals surface area contributed by atoms with Crippen molar-refractivity contribution in [2.75, 3.05) is 0 Å². The van der Waals surface area contributed by atoms with E-state index in [0.29, 0.717) is 11.8 Å². The van der Waals surface area contributed by atoms with Gasteiger partial charge in [0.05, 0.1) is 0 Å². The zero-order valence-electron chi connectivity index (χ0n) is 11.5. The van der Waals surface area contributed by atoms with Gasteiger partial charge < -0.3 is 0 Å². The first-order valence-electron chi connectivity index (χ1n) is 7.28. The van der Waals surface area contributed by atoms with Crippen molar-refractivity contribution in [1.29, 1.82) is 0 Å². The molecule has 104 valence electrons. The Kier molecular flexibility index (Phi) is 4.59. The molecule has 0 heterocycles.